The Labute approximate surface area is 131 Å². The maximum Gasteiger partial charge on any atom is 0.224 e. The molecule has 2 heterocycles. The fourth-order valence-electron chi connectivity index (χ4n) is 2.55. The molecule has 3 rings (SSSR count). The fraction of sp³-hybridized carbons (Fsp3) is 0.400. The molecule has 8 heteroatoms. The van der Waals surface area contributed by atoms with Crippen LogP contribution in [0.1, 0.15) is 18.1 Å². The van der Waals surface area contributed by atoms with Crippen molar-refractivity contribution in [1.29, 1.82) is 0 Å². The van der Waals surface area contributed by atoms with Crippen molar-refractivity contribution in [2.45, 2.75) is 19.1 Å². The topological polar surface area (TPSA) is 60.2 Å². The van der Waals surface area contributed by atoms with Crippen LogP contribution in [0.2, 0.25) is 0 Å². The first kappa shape index (κ1) is 15.5. The van der Waals surface area contributed by atoms with Gasteiger partial charge >= 0.3 is 0 Å². The molecule has 0 N–H and O–H groups in total. The summed E-state index contributed by atoms with van der Waals surface area (Å²) >= 11 is 0. The maximum absolute atomic E-state index is 13.9. The highest BCUT2D eigenvalue weighted by Gasteiger charge is 2.27. The molecule has 1 amide bonds. The number of ether oxygens (including phenoxy) is 1. The van der Waals surface area contributed by atoms with Crippen molar-refractivity contribution in [3.63, 3.8) is 0 Å². The van der Waals surface area contributed by atoms with Gasteiger partial charge in [0, 0.05) is 30.8 Å². The minimum atomic E-state index is -0.660. The number of hydrogen-bond donors (Lipinski definition) is 0. The van der Waals surface area contributed by atoms with E-state index in [0.717, 1.165) is 6.07 Å². The van der Waals surface area contributed by atoms with Gasteiger partial charge in [-0.1, -0.05) is 11.3 Å². The molecule has 1 unspecified atom stereocenters. The van der Waals surface area contributed by atoms with Crippen LogP contribution in [0.15, 0.2) is 30.6 Å². The summed E-state index contributed by atoms with van der Waals surface area (Å²) in [5, 5.41) is 7.48. The Morgan fingerprint density at radius 2 is 2.26 bits per heavy atom. The number of halogens is 2. The zero-order valence-corrected chi connectivity index (χ0v) is 12.4. The Bertz CT molecular complexity index is 678. The van der Waals surface area contributed by atoms with Crippen molar-refractivity contribution in [1.82, 2.24) is 19.9 Å². The highest BCUT2D eigenvalue weighted by molar-refractivity contribution is 5.76. The average Bonchev–Trinajstić information content (AvgIpc) is 3.06. The second kappa shape index (κ2) is 6.82. The van der Waals surface area contributed by atoms with Crippen LogP contribution in [0.25, 0.3) is 0 Å². The van der Waals surface area contributed by atoms with Gasteiger partial charge in [-0.15, -0.1) is 5.10 Å². The van der Waals surface area contributed by atoms with E-state index in [0.29, 0.717) is 19.7 Å². The number of benzene rings is 1. The fourth-order valence-corrected chi connectivity index (χ4v) is 2.55. The number of morpholine rings is 1. The number of aromatic nitrogens is 3. The summed E-state index contributed by atoms with van der Waals surface area (Å²) in [6, 6.07) is 3.37. The molecule has 1 aliphatic rings. The second-order valence-corrected chi connectivity index (χ2v) is 5.28. The summed E-state index contributed by atoms with van der Waals surface area (Å²) in [5.41, 5.74) is 0.264. The van der Waals surface area contributed by atoms with Crippen LogP contribution in [0.3, 0.4) is 0 Å². The zero-order valence-electron chi connectivity index (χ0n) is 12.4. The van der Waals surface area contributed by atoms with Crippen molar-refractivity contribution in [2.24, 2.45) is 0 Å². The number of aryl methyl sites for hydroxylation is 1. The standard InChI is InChI=1S/C15H16F2N4O2/c16-11-1-2-12(13(17)9-11)14-10-20(7-8-23-14)15(22)3-5-21-6-4-18-19-21/h1-2,4,6,9,14H,3,5,7-8,10H2. The van der Waals surface area contributed by atoms with Gasteiger partial charge in [-0.25, -0.2) is 8.78 Å². The first-order valence-corrected chi connectivity index (χ1v) is 7.32. The Kier molecular flexibility index (Phi) is 4.61. The van der Waals surface area contributed by atoms with E-state index < -0.39 is 17.7 Å². The Morgan fingerprint density at radius 3 is 3.00 bits per heavy atom. The molecule has 1 saturated heterocycles. The molecule has 0 radical (unpaired) electrons. The predicted molar refractivity (Wildman–Crippen MR) is 76.3 cm³/mol. The normalized spacial score (nSPS) is 18.2. The zero-order chi connectivity index (χ0) is 16.2. The minimum Gasteiger partial charge on any atom is -0.370 e. The summed E-state index contributed by atoms with van der Waals surface area (Å²) in [6.45, 7) is 1.45. The Hall–Kier alpha value is -2.35. The lowest BCUT2D eigenvalue weighted by atomic mass is 10.1. The van der Waals surface area contributed by atoms with Crippen LogP contribution in [-0.4, -0.2) is 45.5 Å². The van der Waals surface area contributed by atoms with E-state index in [1.807, 2.05) is 0 Å². The molecular weight excluding hydrogens is 306 g/mol. The SMILES string of the molecule is O=C(CCn1ccnn1)N1CCOC(c2ccc(F)cc2F)C1. The summed E-state index contributed by atoms with van der Waals surface area (Å²) < 4.78 is 34.0. The largest absolute Gasteiger partial charge is 0.370 e. The van der Waals surface area contributed by atoms with E-state index in [1.165, 1.54) is 12.1 Å². The summed E-state index contributed by atoms with van der Waals surface area (Å²) in [7, 11) is 0. The molecule has 1 aromatic carbocycles. The van der Waals surface area contributed by atoms with Crippen molar-refractivity contribution >= 4 is 5.91 Å². The van der Waals surface area contributed by atoms with E-state index in [1.54, 1.807) is 22.0 Å². The van der Waals surface area contributed by atoms with Gasteiger partial charge in [-0.3, -0.25) is 9.48 Å². The second-order valence-electron chi connectivity index (χ2n) is 5.28. The van der Waals surface area contributed by atoms with Crippen molar-refractivity contribution in [2.75, 3.05) is 19.7 Å². The average molecular weight is 322 g/mol. The number of hydrogen-bond acceptors (Lipinski definition) is 4. The van der Waals surface area contributed by atoms with Gasteiger partial charge in [-0.05, 0) is 6.07 Å². The molecule has 0 spiro atoms. The van der Waals surface area contributed by atoms with Gasteiger partial charge in [0.15, 0.2) is 0 Å². The maximum atomic E-state index is 13.9. The molecular formula is C15H16F2N4O2. The van der Waals surface area contributed by atoms with Crippen LogP contribution >= 0.6 is 0 Å². The molecule has 122 valence electrons. The van der Waals surface area contributed by atoms with Crippen LogP contribution in [0, 0.1) is 11.6 Å². The molecule has 6 nitrogen and oxygen atoms in total. The molecule has 1 fully saturated rings. The third kappa shape index (κ3) is 3.70. The molecule has 0 aliphatic carbocycles. The van der Waals surface area contributed by atoms with Crippen molar-refractivity contribution < 1.29 is 18.3 Å². The lowest BCUT2D eigenvalue weighted by Gasteiger charge is -2.33. The Morgan fingerprint density at radius 1 is 1.39 bits per heavy atom. The van der Waals surface area contributed by atoms with Gasteiger partial charge < -0.3 is 9.64 Å². The van der Waals surface area contributed by atoms with E-state index in [2.05, 4.69) is 10.3 Å². The van der Waals surface area contributed by atoms with Crippen molar-refractivity contribution in [3.8, 4) is 0 Å². The highest BCUT2D eigenvalue weighted by Crippen LogP contribution is 2.25. The first-order valence-electron chi connectivity index (χ1n) is 7.32. The van der Waals surface area contributed by atoms with E-state index in [-0.39, 0.29) is 24.4 Å². The van der Waals surface area contributed by atoms with E-state index >= 15 is 0 Å². The summed E-state index contributed by atoms with van der Waals surface area (Å²) in [5.74, 6) is -1.36. The Balaban J connectivity index is 1.62. The smallest absolute Gasteiger partial charge is 0.224 e. The van der Waals surface area contributed by atoms with Crippen LogP contribution < -0.4 is 0 Å². The van der Waals surface area contributed by atoms with Gasteiger partial charge in [0.25, 0.3) is 0 Å². The molecule has 0 saturated carbocycles. The molecule has 1 aromatic heterocycles. The van der Waals surface area contributed by atoms with Crippen LogP contribution in [0.5, 0.6) is 0 Å². The summed E-state index contributed by atoms with van der Waals surface area (Å²) in [6.07, 6.45) is 2.93. The number of rotatable bonds is 4. The number of amides is 1. The lowest BCUT2D eigenvalue weighted by Crippen LogP contribution is -2.42. The molecule has 1 atom stereocenters. The van der Waals surface area contributed by atoms with Crippen LogP contribution in [0.4, 0.5) is 8.78 Å². The van der Waals surface area contributed by atoms with Gasteiger partial charge in [0.05, 0.1) is 25.9 Å². The number of nitrogens with zero attached hydrogens (tertiary/aromatic N) is 4. The predicted octanol–water partition coefficient (Wildman–Crippen LogP) is 1.55. The number of carbonyl (C=O) groups excluding carboxylic acids is 1. The van der Waals surface area contributed by atoms with Crippen molar-refractivity contribution in [3.05, 3.63) is 47.8 Å². The number of carbonyl (C=O) groups is 1. The third-order valence-corrected chi connectivity index (χ3v) is 3.76. The minimum absolute atomic E-state index is 0.0590. The summed E-state index contributed by atoms with van der Waals surface area (Å²) in [4.78, 5) is 13.9. The monoisotopic (exact) mass is 322 g/mol. The van der Waals surface area contributed by atoms with E-state index in [4.69, 9.17) is 4.74 Å². The lowest BCUT2D eigenvalue weighted by molar-refractivity contribution is -0.139. The van der Waals surface area contributed by atoms with Gasteiger partial charge in [0.2, 0.25) is 5.91 Å². The quantitative estimate of drug-likeness (QED) is 0.857. The molecule has 23 heavy (non-hydrogen) atoms. The highest BCUT2D eigenvalue weighted by atomic mass is 19.1. The third-order valence-electron chi connectivity index (χ3n) is 3.76. The molecule has 1 aliphatic heterocycles. The molecule has 0 bridgehead atoms. The van der Waals surface area contributed by atoms with E-state index in [9.17, 15) is 13.6 Å². The van der Waals surface area contributed by atoms with Gasteiger partial charge in [-0.2, -0.15) is 0 Å². The van der Waals surface area contributed by atoms with Crippen LogP contribution in [-0.2, 0) is 16.1 Å². The van der Waals surface area contributed by atoms with Gasteiger partial charge in [0.1, 0.15) is 17.7 Å². The molecule has 2 aromatic rings. The first-order chi connectivity index (χ1) is 11.1.